The predicted octanol–water partition coefficient (Wildman–Crippen LogP) is 4.15. The second-order valence-corrected chi connectivity index (χ2v) is 5.59. The van der Waals surface area contributed by atoms with E-state index in [0.717, 1.165) is 10.8 Å². The summed E-state index contributed by atoms with van der Waals surface area (Å²) in [6, 6.07) is 20.6. The number of methoxy groups -OCH3 is 1. The average Bonchev–Trinajstić information content (AvgIpc) is 3.15. The zero-order valence-electron chi connectivity index (χ0n) is 14.0. The Morgan fingerprint density at radius 2 is 1.73 bits per heavy atom. The van der Waals surface area contributed by atoms with Crippen LogP contribution in [0, 0.1) is 0 Å². The second kappa shape index (κ2) is 6.68. The van der Waals surface area contributed by atoms with Gasteiger partial charge in [0.05, 0.1) is 12.7 Å². The molecule has 1 heterocycles. The van der Waals surface area contributed by atoms with Crippen LogP contribution in [0.5, 0.6) is 5.75 Å². The number of nitrogens with zero attached hydrogens (tertiary/aromatic N) is 2. The number of hydrogen-bond acceptors (Lipinski definition) is 5. The molecule has 4 aromatic rings. The van der Waals surface area contributed by atoms with Gasteiger partial charge < -0.3 is 9.15 Å². The largest absolute Gasteiger partial charge is 0.496 e. The molecule has 0 aliphatic carbocycles. The van der Waals surface area contributed by atoms with E-state index < -0.39 is 0 Å². The van der Waals surface area contributed by atoms with Crippen LogP contribution in [0.4, 0.5) is 6.01 Å². The highest BCUT2D eigenvalue weighted by atomic mass is 16.5. The van der Waals surface area contributed by atoms with E-state index in [2.05, 4.69) is 15.5 Å². The van der Waals surface area contributed by atoms with Crippen molar-refractivity contribution >= 4 is 22.7 Å². The maximum atomic E-state index is 12.6. The van der Waals surface area contributed by atoms with Gasteiger partial charge in [-0.15, -0.1) is 5.10 Å². The van der Waals surface area contributed by atoms with Gasteiger partial charge in [0.2, 0.25) is 0 Å². The monoisotopic (exact) mass is 345 g/mol. The Balaban J connectivity index is 1.62. The summed E-state index contributed by atoms with van der Waals surface area (Å²) >= 11 is 0. The molecule has 0 aliphatic rings. The SMILES string of the molecule is COc1ccccc1-c1nnc(NC(=O)c2cccc3ccccc23)o1. The molecule has 0 saturated heterocycles. The zero-order valence-corrected chi connectivity index (χ0v) is 14.0. The van der Waals surface area contributed by atoms with Crippen molar-refractivity contribution < 1.29 is 13.9 Å². The molecule has 4 rings (SSSR count). The first kappa shape index (κ1) is 15.8. The minimum absolute atomic E-state index is 0.0313. The van der Waals surface area contributed by atoms with Gasteiger partial charge in [-0.2, -0.15) is 0 Å². The smallest absolute Gasteiger partial charge is 0.322 e. The number of carbonyl (C=O) groups is 1. The van der Waals surface area contributed by atoms with Crippen molar-refractivity contribution in [3.8, 4) is 17.2 Å². The molecule has 0 unspecified atom stereocenters. The van der Waals surface area contributed by atoms with Crippen molar-refractivity contribution in [2.45, 2.75) is 0 Å². The Morgan fingerprint density at radius 1 is 0.962 bits per heavy atom. The number of rotatable bonds is 4. The Bertz CT molecular complexity index is 1080. The molecule has 1 N–H and O–H groups in total. The molecule has 0 saturated carbocycles. The van der Waals surface area contributed by atoms with Gasteiger partial charge >= 0.3 is 6.01 Å². The summed E-state index contributed by atoms with van der Waals surface area (Å²) in [5, 5.41) is 12.4. The number of anilines is 1. The Labute approximate surface area is 149 Å². The van der Waals surface area contributed by atoms with Crippen LogP contribution in [0.1, 0.15) is 10.4 Å². The first-order valence-electron chi connectivity index (χ1n) is 8.02. The first-order valence-corrected chi connectivity index (χ1v) is 8.02. The van der Waals surface area contributed by atoms with Crippen LogP contribution in [-0.4, -0.2) is 23.2 Å². The molecule has 6 nitrogen and oxygen atoms in total. The number of para-hydroxylation sites is 1. The quantitative estimate of drug-likeness (QED) is 0.601. The molecule has 0 aliphatic heterocycles. The lowest BCUT2D eigenvalue weighted by molar-refractivity contribution is 0.102. The zero-order chi connectivity index (χ0) is 17.9. The number of ether oxygens (including phenoxy) is 1. The number of aromatic nitrogens is 2. The maximum absolute atomic E-state index is 12.6. The lowest BCUT2D eigenvalue weighted by Gasteiger charge is -2.05. The Morgan fingerprint density at radius 3 is 2.62 bits per heavy atom. The molecular formula is C20H15N3O3. The van der Waals surface area contributed by atoms with Crippen molar-refractivity contribution in [3.05, 3.63) is 72.3 Å². The normalized spacial score (nSPS) is 10.7. The van der Waals surface area contributed by atoms with E-state index in [4.69, 9.17) is 9.15 Å². The minimum Gasteiger partial charge on any atom is -0.496 e. The molecule has 0 spiro atoms. The van der Waals surface area contributed by atoms with Gasteiger partial charge in [0, 0.05) is 5.56 Å². The molecule has 3 aromatic carbocycles. The number of benzene rings is 3. The number of carbonyl (C=O) groups excluding carboxylic acids is 1. The summed E-state index contributed by atoms with van der Waals surface area (Å²) in [4.78, 5) is 12.6. The van der Waals surface area contributed by atoms with Gasteiger partial charge in [-0.05, 0) is 29.0 Å². The van der Waals surface area contributed by atoms with Gasteiger partial charge in [0.1, 0.15) is 5.75 Å². The van der Waals surface area contributed by atoms with Gasteiger partial charge in [0.25, 0.3) is 11.8 Å². The second-order valence-electron chi connectivity index (χ2n) is 5.59. The molecule has 0 bridgehead atoms. The highest BCUT2D eigenvalue weighted by molar-refractivity contribution is 6.12. The summed E-state index contributed by atoms with van der Waals surface area (Å²) in [5.41, 5.74) is 1.20. The van der Waals surface area contributed by atoms with E-state index in [9.17, 15) is 4.79 Å². The molecular weight excluding hydrogens is 330 g/mol. The molecule has 0 fully saturated rings. The summed E-state index contributed by atoms with van der Waals surface area (Å²) in [7, 11) is 1.57. The van der Waals surface area contributed by atoms with Crippen LogP contribution in [0.15, 0.2) is 71.1 Å². The lowest BCUT2D eigenvalue weighted by atomic mass is 10.0. The van der Waals surface area contributed by atoms with Crippen molar-refractivity contribution in [3.63, 3.8) is 0 Å². The predicted molar refractivity (Wildman–Crippen MR) is 98.2 cm³/mol. The van der Waals surface area contributed by atoms with E-state index in [1.165, 1.54) is 0 Å². The van der Waals surface area contributed by atoms with E-state index in [1.807, 2.05) is 54.6 Å². The van der Waals surface area contributed by atoms with E-state index in [1.54, 1.807) is 19.2 Å². The fourth-order valence-corrected chi connectivity index (χ4v) is 2.79. The van der Waals surface area contributed by atoms with Crippen molar-refractivity contribution in [1.29, 1.82) is 0 Å². The number of hydrogen-bond donors (Lipinski definition) is 1. The van der Waals surface area contributed by atoms with Gasteiger partial charge in [-0.3, -0.25) is 10.1 Å². The molecule has 1 amide bonds. The van der Waals surface area contributed by atoms with Crippen LogP contribution >= 0.6 is 0 Å². The van der Waals surface area contributed by atoms with Crippen LogP contribution in [0.2, 0.25) is 0 Å². The maximum Gasteiger partial charge on any atom is 0.322 e. The third kappa shape index (κ3) is 2.88. The van der Waals surface area contributed by atoms with Crippen molar-refractivity contribution in [2.24, 2.45) is 0 Å². The summed E-state index contributed by atoms with van der Waals surface area (Å²) in [5.74, 6) is 0.579. The molecule has 1 aromatic heterocycles. The number of nitrogens with one attached hydrogen (secondary N) is 1. The fraction of sp³-hybridized carbons (Fsp3) is 0.0500. The number of amides is 1. The molecule has 128 valence electrons. The van der Waals surface area contributed by atoms with Gasteiger partial charge in [-0.25, -0.2) is 0 Å². The standard InChI is InChI=1S/C20H15N3O3/c1-25-17-12-5-4-10-16(17)19-22-23-20(26-19)21-18(24)15-11-6-8-13-7-2-3-9-14(13)15/h2-12H,1H3,(H,21,23,24). The highest BCUT2D eigenvalue weighted by Gasteiger charge is 2.16. The molecule has 26 heavy (non-hydrogen) atoms. The summed E-state index contributed by atoms with van der Waals surface area (Å²) in [6.45, 7) is 0. The molecule has 0 radical (unpaired) electrons. The third-order valence-electron chi connectivity index (χ3n) is 4.02. The summed E-state index contributed by atoms with van der Waals surface area (Å²) in [6.07, 6.45) is 0. The van der Waals surface area contributed by atoms with Crippen LogP contribution in [0.3, 0.4) is 0 Å². The van der Waals surface area contributed by atoms with Crippen molar-refractivity contribution in [1.82, 2.24) is 10.2 Å². The fourth-order valence-electron chi connectivity index (χ4n) is 2.79. The third-order valence-corrected chi connectivity index (χ3v) is 4.02. The Hall–Kier alpha value is -3.67. The number of fused-ring (bicyclic) bond motifs is 1. The van der Waals surface area contributed by atoms with E-state index in [0.29, 0.717) is 16.9 Å². The van der Waals surface area contributed by atoms with Crippen LogP contribution < -0.4 is 10.1 Å². The summed E-state index contributed by atoms with van der Waals surface area (Å²) < 4.78 is 10.9. The first-order chi connectivity index (χ1) is 12.8. The molecule has 0 atom stereocenters. The molecule has 6 heteroatoms. The highest BCUT2D eigenvalue weighted by Crippen LogP contribution is 2.29. The van der Waals surface area contributed by atoms with Crippen LogP contribution in [-0.2, 0) is 0 Å². The van der Waals surface area contributed by atoms with E-state index in [-0.39, 0.29) is 17.8 Å². The van der Waals surface area contributed by atoms with Gasteiger partial charge in [0.15, 0.2) is 0 Å². The topological polar surface area (TPSA) is 77.3 Å². The average molecular weight is 345 g/mol. The lowest BCUT2D eigenvalue weighted by Crippen LogP contribution is -2.12. The Kier molecular flexibility index (Phi) is 4.07. The van der Waals surface area contributed by atoms with E-state index >= 15 is 0 Å². The van der Waals surface area contributed by atoms with Crippen LogP contribution in [0.25, 0.3) is 22.2 Å². The van der Waals surface area contributed by atoms with Crippen molar-refractivity contribution in [2.75, 3.05) is 12.4 Å². The minimum atomic E-state index is -0.308. The van der Waals surface area contributed by atoms with Gasteiger partial charge in [-0.1, -0.05) is 53.6 Å².